The summed E-state index contributed by atoms with van der Waals surface area (Å²) in [6.07, 6.45) is 6.97. The molecule has 1 saturated carbocycles. The first-order valence-corrected chi connectivity index (χ1v) is 7.80. The van der Waals surface area contributed by atoms with Crippen LogP contribution >= 0.6 is 15.9 Å². The van der Waals surface area contributed by atoms with Gasteiger partial charge in [-0.05, 0) is 47.2 Å². The number of benzene rings is 1. The van der Waals surface area contributed by atoms with Crippen molar-refractivity contribution in [2.75, 3.05) is 5.32 Å². The predicted molar refractivity (Wildman–Crippen MR) is 78.3 cm³/mol. The van der Waals surface area contributed by atoms with Crippen LogP contribution in [-0.4, -0.2) is 6.04 Å². The normalized spacial score (nSPS) is 24.0. The first-order valence-electron chi connectivity index (χ1n) is 7.01. The maximum absolute atomic E-state index is 13.8. The Morgan fingerprint density at radius 1 is 1.21 bits per heavy atom. The lowest BCUT2D eigenvalue weighted by Crippen LogP contribution is -2.19. The van der Waals surface area contributed by atoms with Crippen molar-refractivity contribution in [3.8, 4) is 0 Å². The molecule has 0 spiro atoms. The largest absolute Gasteiger partial charge is 0.379 e. The molecule has 2 unspecified atom stereocenters. The lowest BCUT2D eigenvalue weighted by atomic mass is 9.98. The van der Waals surface area contributed by atoms with E-state index in [1.807, 2.05) is 0 Å². The van der Waals surface area contributed by atoms with Gasteiger partial charge in [-0.25, -0.2) is 8.78 Å². The van der Waals surface area contributed by atoms with Crippen molar-refractivity contribution >= 4 is 21.6 Å². The summed E-state index contributed by atoms with van der Waals surface area (Å²) in [4.78, 5) is 0. The highest BCUT2D eigenvalue weighted by Crippen LogP contribution is 2.31. The standard InChI is InChI=1S/C15H20BrF2N/c1-2-10-4-3-5-12(7-6-10)19-15-13(16)8-11(17)9-14(15)18/h8-10,12,19H,2-7H2,1H3. The average Bonchev–Trinajstić information content (AvgIpc) is 2.58. The Hall–Kier alpha value is -0.640. The van der Waals surface area contributed by atoms with Crippen molar-refractivity contribution in [3.63, 3.8) is 0 Å². The Kier molecular flexibility index (Phi) is 5.20. The van der Waals surface area contributed by atoms with E-state index in [1.54, 1.807) is 0 Å². The van der Waals surface area contributed by atoms with Gasteiger partial charge >= 0.3 is 0 Å². The van der Waals surface area contributed by atoms with Gasteiger partial charge in [0.25, 0.3) is 0 Å². The monoisotopic (exact) mass is 331 g/mol. The fraction of sp³-hybridized carbons (Fsp3) is 0.600. The number of anilines is 1. The lowest BCUT2D eigenvalue weighted by molar-refractivity contribution is 0.444. The third-order valence-corrected chi connectivity index (χ3v) is 4.65. The average molecular weight is 332 g/mol. The van der Waals surface area contributed by atoms with Crippen LogP contribution in [-0.2, 0) is 0 Å². The number of hydrogen-bond donors (Lipinski definition) is 1. The fourth-order valence-electron chi connectivity index (χ4n) is 2.82. The van der Waals surface area contributed by atoms with E-state index in [4.69, 9.17) is 0 Å². The highest BCUT2D eigenvalue weighted by molar-refractivity contribution is 9.10. The zero-order chi connectivity index (χ0) is 13.8. The van der Waals surface area contributed by atoms with Crippen LogP contribution in [0.15, 0.2) is 16.6 Å². The first-order chi connectivity index (χ1) is 9.10. The summed E-state index contributed by atoms with van der Waals surface area (Å²) in [7, 11) is 0. The minimum absolute atomic E-state index is 0.285. The molecule has 1 aromatic carbocycles. The zero-order valence-electron chi connectivity index (χ0n) is 11.2. The van der Waals surface area contributed by atoms with E-state index >= 15 is 0 Å². The van der Waals surface area contributed by atoms with Gasteiger partial charge in [-0.3, -0.25) is 0 Å². The summed E-state index contributed by atoms with van der Waals surface area (Å²) in [6, 6.07) is 2.52. The molecule has 0 bridgehead atoms. The molecule has 1 aliphatic rings. The Morgan fingerprint density at radius 3 is 2.68 bits per heavy atom. The van der Waals surface area contributed by atoms with Gasteiger partial charge in [-0.2, -0.15) is 0 Å². The number of halogens is 3. The summed E-state index contributed by atoms with van der Waals surface area (Å²) in [5.41, 5.74) is 0.390. The quantitative estimate of drug-likeness (QED) is 0.721. The van der Waals surface area contributed by atoms with Crippen molar-refractivity contribution in [1.82, 2.24) is 0 Å². The number of rotatable bonds is 3. The molecule has 4 heteroatoms. The second-order valence-corrected chi connectivity index (χ2v) is 6.22. The van der Waals surface area contributed by atoms with Crippen LogP contribution in [0.5, 0.6) is 0 Å². The predicted octanol–water partition coefficient (Wildman–Crippen LogP) is 5.50. The molecular formula is C15H20BrF2N. The molecule has 0 saturated heterocycles. The SMILES string of the molecule is CCC1CCCC(Nc2c(F)cc(F)cc2Br)CC1. The molecule has 2 atom stereocenters. The molecule has 19 heavy (non-hydrogen) atoms. The van der Waals surface area contributed by atoms with Crippen molar-refractivity contribution < 1.29 is 8.78 Å². The summed E-state index contributed by atoms with van der Waals surface area (Å²) in [5, 5.41) is 3.24. The number of hydrogen-bond acceptors (Lipinski definition) is 1. The molecule has 0 aromatic heterocycles. The summed E-state index contributed by atoms with van der Waals surface area (Å²) in [5.74, 6) is -0.279. The smallest absolute Gasteiger partial charge is 0.150 e. The molecule has 1 nitrogen and oxygen atoms in total. The van der Waals surface area contributed by atoms with Crippen molar-refractivity contribution in [1.29, 1.82) is 0 Å². The van der Waals surface area contributed by atoms with Crippen LogP contribution in [0.3, 0.4) is 0 Å². The Balaban J connectivity index is 2.05. The second kappa shape index (κ2) is 6.69. The Morgan fingerprint density at radius 2 is 2.00 bits per heavy atom. The molecule has 2 rings (SSSR count). The lowest BCUT2D eigenvalue weighted by Gasteiger charge is -2.19. The van der Waals surface area contributed by atoms with E-state index in [2.05, 4.69) is 28.2 Å². The zero-order valence-corrected chi connectivity index (χ0v) is 12.8. The summed E-state index contributed by atoms with van der Waals surface area (Å²) < 4.78 is 27.3. The van der Waals surface area contributed by atoms with Gasteiger partial charge in [-0.1, -0.05) is 26.2 Å². The van der Waals surface area contributed by atoms with Gasteiger partial charge < -0.3 is 5.32 Å². The molecule has 1 N–H and O–H groups in total. The highest BCUT2D eigenvalue weighted by atomic mass is 79.9. The van der Waals surface area contributed by atoms with Gasteiger partial charge in [0, 0.05) is 16.6 Å². The maximum Gasteiger partial charge on any atom is 0.150 e. The van der Waals surface area contributed by atoms with E-state index in [1.165, 1.54) is 31.7 Å². The van der Waals surface area contributed by atoms with E-state index in [0.717, 1.165) is 24.8 Å². The minimum Gasteiger partial charge on any atom is -0.379 e. The Bertz CT molecular complexity index is 413. The van der Waals surface area contributed by atoms with Crippen LogP contribution < -0.4 is 5.32 Å². The van der Waals surface area contributed by atoms with Crippen molar-refractivity contribution in [2.24, 2.45) is 5.92 Å². The van der Waals surface area contributed by atoms with Crippen LogP contribution in [0, 0.1) is 17.6 Å². The molecule has 1 fully saturated rings. The molecule has 1 aliphatic carbocycles. The topological polar surface area (TPSA) is 12.0 Å². The van der Waals surface area contributed by atoms with Crippen LogP contribution in [0.1, 0.15) is 45.4 Å². The van der Waals surface area contributed by atoms with E-state index < -0.39 is 11.6 Å². The third-order valence-electron chi connectivity index (χ3n) is 4.02. The summed E-state index contributed by atoms with van der Waals surface area (Å²) >= 11 is 3.23. The van der Waals surface area contributed by atoms with Crippen LogP contribution in [0.4, 0.5) is 14.5 Å². The molecule has 106 valence electrons. The fourth-order valence-corrected chi connectivity index (χ4v) is 3.34. The Labute approximate surface area is 121 Å². The molecule has 1 aromatic rings. The second-order valence-electron chi connectivity index (χ2n) is 5.37. The summed E-state index contributed by atoms with van der Waals surface area (Å²) in [6.45, 7) is 2.23. The van der Waals surface area contributed by atoms with Gasteiger partial charge in [0.15, 0.2) is 0 Å². The van der Waals surface area contributed by atoms with E-state index in [-0.39, 0.29) is 6.04 Å². The van der Waals surface area contributed by atoms with Crippen molar-refractivity contribution in [3.05, 3.63) is 28.2 Å². The number of nitrogens with one attached hydrogen (secondary N) is 1. The molecule has 0 amide bonds. The molecule has 0 radical (unpaired) electrons. The van der Waals surface area contributed by atoms with Crippen LogP contribution in [0.2, 0.25) is 0 Å². The molecule has 0 aliphatic heterocycles. The highest BCUT2D eigenvalue weighted by Gasteiger charge is 2.19. The van der Waals surface area contributed by atoms with E-state index in [9.17, 15) is 8.78 Å². The first kappa shape index (κ1) is 14.8. The molecular weight excluding hydrogens is 312 g/mol. The third kappa shape index (κ3) is 3.91. The van der Waals surface area contributed by atoms with Gasteiger partial charge in [-0.15, -0.1) is 0 Å². The van der Waals surface area contributed by atoms with Crippen LogP contribution in [0.25, 0.3) is 0 Å². The minimum atomic E-state index is -0.554. The van der Waals surface area contributed by atoms with Gasteiger partial charge in [0.1, 0.15) is 11.6 Å². The van der Waals surface area contributed by atoms with Gasteiger partial charge in [0.05, 0.1) is 5.69 Å². The van der Waals surface area contributed by atoms with Gasteiger partial charge in [0.2, 0.25) is 0 Å². The maximum atomic E-state index is 13.8. The molecule has 0 heterocycles. The van der Waals surface area contributed by atoms with E-state index in [0.29, 0.717) is 10.2 Å². The van der Waals surface area contributed by atoms with Crippen molar-refractivity contribution in [2.45, 2.75) is 51.5 Å².